The van der Waals surface area contributed by atoms with Crippen LogP contribution < -0.4 is 5.32 Å². The topological polar surface area (TPSA) is 21.3 Å². The van der Waals surface area contributed by atoms with Gasteiger partial charge < -0.3 is 10.1 Å². The number of ether oxygens (including phenoxy) is 1. The second-order valence-electron chi connectivity index (χ2n) is 2.78. The maximum absolute atomic E-state index is 5.39. The van der Waals surface area contributed by atoms with Crippen LogP contribution in [0, 0.1) is 0 Å². The third-order valence-electron chi connectivity index (χ3n) is 1.89. The molecule has 0 spiro atoms. The zero-order chi connectivity index (χ0) is 8.39. The van der Waals surface area contributed by atoms with E-state index in [1.165, 1.54) is 11.3 Å². The van der Waals surface area contributed by atoms with Crippen molar-refractivity contribution in [3.8, 4) is 0 Å². The third kappa shape index (κ3) is 1.62. The standard InChI is InChI=1S/C9H10BrNO/c10-8-1-2-9-7(5-8)6-12-4-3-11-9/h1-2,5,11H,3-4,6H2. The fourth-order valence-corrected chi connectivity index (χ4v) is 1.70. The molecule has 0 saturated heterocycles. The Hall–Kier alpha value is -0.540. The molecule has 1 heterocycles. The predicted molar refractivity (Wildman–Crippen MR) is 52.3 cm³/mol. The van der Waals surface area contributed by atoms with Gasteiger partial charge >= 0.3 is 0 Å². The van der Waals surface area contributed by atoms with Crippen molar-refractivity contribution in [2.24, 2.45) is 0 Å². The van der Waals surface area contributed by atoms with E-state index in [2.05, 4.69) is 33.4 Å². The second kappa shape index (κ2) is 3.46. The molecule has 1 N–H and O–H groups in total. The summed E-state index contributed by atoms with van der Waals surface area (Å²) in [5.41, 5.74) is 2.41. The first-order valence-electron chi connectivity index (χ1n) is 3.96. The number of nitrogens with one attached hydrogen (secondary N) is 1. The summed E-state index contributed by atoms with van der Waals surface area (Å²) in [5.74, 6) is 0. The maximum Gasteiger partial charge on any atom is 0.0738 e. The minimum absolute atomic E-state index is 0.710. The average molecular weight is 228 g/mol. The first-order valence-corrected chi connectivity index (χ1v) is 4.75. The van der Waals surface area contributed by atoms with E-state index in [0.717, 1.165) is 17.6 Å². The van der Waals surface area contributed by atoms with E-state index < -0.39 is 0 Å². The number of rotatable bonds is 0. The van der Waals surface area contributed by atoms with Crippen LogP contribution in [0.1, 0.15) is 5.56 Å². The van der Waals surface area contributed by atoms with Crippen LogP contribution in [-0.2, 0) is 11.3 Å². The molecule has 0 bridgehead atoms. The van der Waals surface area contributed by atoms with Gasteiger partial charge in [0.25, 0.3) is 0 Å². The lowest BCUT2D eigenvalue weighted by Crippen LogP contribution is -2.04. The minimum atomic E-state index is 0.710. The molecule has 2 rings (SSSR count). The summed E-state index contributed by atoms with van der Waals surface area (Å²) in [6, 6.07) is 6.21. The number of hydrogen-bond acceptors (Lipinski definition) is 2. The van der Waals surface area contributed by atoms with Crippen molar-refractivity contribution in [2.45, 2.75) is 6.61 Å². The van der Waals surface area contributed by atoms with Crippen LogP contribution in [0.3, 0.4) is 0 Å². The van der Waals surface area contributed by atoms with E-state index in [-0.39, 0.29) is 0 Å². The molecule has 0 aromatic heterocycles. The average Bonchev–Trinajstić information content (AvgIpc) is 2.28. The molecule has 0 radical (unpaired) electrons. The Morgan fingerprint density at radius 3 is 3.25 bits per heavy atom. The molecule has 3 heteroatoms. The molecular formula is C9H10BrNO. The Bertz CT molecular complexity index is 288. The van der Waals surface area contributed by atoms with Crippen molar-refractivity contribution in [1.82, 2.24) is 0 Å². The molecule has 0 aliphatic carbocycles. The fourth-order valence-electron chi connectivity index (χ4n) is 1.29. The molecule has 0 atom stereocenters. The number of anilines is 1. The van der Waals surface area contributed by atoms with E-state index in [0.29, 0.717) is 6.61 Å². The van der Waals surface area contributed by atoms with E-state index in [1.807, 2.05) is 6.07 Å². The highest BCUT2D eigenvalue weighted by atomic mass is 79.9. The molecule has 12 heavy (non-hydrogen) atoms. The monoisotopic (exact) mass is 227 g/mol. The predicted octanol–water partition coefficient (Wildman–Crippen LogP) is 2.39. The fraction of sp³-hybridized carbons (Fsp3) is 0.333. The molecule has 64 valence electrons. The number of hydrogen-bond donors (Lipinski definition) is 1. The van der Waals surface area contributed by atoms with Gasteiger partial charge in [0, 0.05) is 22.3 Å². The van der Waals surface area contributed by atoms with Gasteiger partial charge in [-0.3, -0.25) is 0 Å². The first kappa shape index (κ1) is 8.08. The highest BCUT2D eigenvalue weighted by Gasteiger charge is 2.06. The van der Waals surface area contributed by atoms with Gasteiger partial charge in [-0.2, -0.15) is 0 Å². The quantitative estimate of drug-likeness (QED) is 0.736. The van der Waals surface area contributed by atoms with E-state index >= 15 is 0 Å². The molecule has 1 aromatic rings. The van der Waals surface area contributed by atoms with Crippen molar-refractivity contribution < 1.29 is 4.74 Å². The highest BCUT2D eigenvalue weighted by molar-refractivity contribution is 9.10. The summed E-state index contributed by atoms with van der Waals surface area (Å²) in [5, 5.41) is 3.31. The molecule has 2 nitrogen and oxygen atoms in total. The Morgan fingerprint density at radius 2 is 2.33 bits per heavy atom. The molecule has 0 unspecified atom stereocenters. The molecule has 1 aromatic carbocycles. The minimum Gasteiger partial charge on any atom is -0.382 e. The lowest BCUT2D eigenvalue weighted by atomic mass is 10.2. The molecule has 0 saturated carbocycles. The highest BCUT2D eigenvalue weighted by Crippen LogP contribution is 2.22. The van der Waals surface area contributed by atoms with Crippen LogP contribution in [-0.4, -0.2) is 13.2 Å². The molecule has 0 amide bonds. The number of halogens is 1. The molecule has 0 fully saturated rings. The van der Waals surface area contributed by atoms with Gasteiger partial charge in [-0.15, -0.1) is 0 Å². The van der Waals surface area contributed by atoms with Crippen molar-refractivity contribution in [2.75, 3.05) is 18.5 Å². The summed E-state index contributed by atoms with van der Waals surface area (Å²) in [6.45, 7) is 2.39. The van der Waals surface area contributed by atoms with Crippen molar-refractivity contribution in [1.29, 1.82) is 0 Å². The van der Waals surface area contributed by atoms with Crippen LogP contribution in [0.4, 0.5) is 5.69 Å². The van der Waals surface area contributed by atoms with Crippen LogP contribution in [0.2, 0.25) is 0 Å². The SMILES string of the molecule is Brc1ccc2c(c1)COCCN2. The van der Waals surface area contributed by atoms with Gasteiger partial charge in [0.2, 0.25) is 0 Å². The van der Waals surface area contributed by atoms with Crippen molar-refractivity contribution >= 4 is 21.6 Å². The van der Waals surface area contributed by atoms with Gasteiger partial charge in [0.05, 0.1) is 13.2 Å². The van der Waals surface area contributed by atoms with E-state index in [9.17, 15) is 0 Å². The Morgan fingerprint density at radius 1 is 1.42 bits per heavy atom. The van der Waals surface area contributed by atoms with Gasteiger partial charge in [-0.25, -0.2) is 0 Å². The van der Waals surface area contributed by atoms with Crippen LogP contribution in [0.15, 0.2) is 22.7 Å². The normalized spacial score (nSPS) is 16.1. The lowest BCUT2D eigenvalue weighted by molar-refractivity contribution is 0.134. The van der Waals surface area contributed by atoms with E-state index in [4.69, 9.17) is 4.74 Å². The summed E-state index contributed by atoms with van der Waals surface area (Å²) in [7, 11) is 0. The smallest absolute Gasteiger partial charge is 0.0738 e. The Labute approximate surface area is 80.1 Å². The van der Waals surface area contributed by atoms with Gasteiger partial charge in [0.15, 0.2) is 0 Å². The van der Waals surface area contributed by atoms with Crippen molar-refractivity contribution in [3.63, 3.8) is 0 Å². The summed E-state index contributed by atoms with van der Waals surface area (Å²) in [4.78, 5) is 0. The van der Waals surface area contributed by atoms with Gasteiger partial charge in [-0.1, -0.05) is 15.9 Å². The zero-order valence-corrected chi connectivity index (χ0v) is 8.23. The Balaban J connectivity index is 2.36. The van der Waals surface area contributed by atoms with Crippen LogP contribution in [0.5, 0.6) is 0 Å². The number of benzene rings is 1. The molecule has 1 aliphatic rings. The zero-order valence-electron chi connectivity index (χ0n) is 6.64. The molecular weight excluding hydrogens is 218 g/mol. The van der Waals surface area contributed by atoms with Crippen LogP contribution >= 0.6 is 15.9 Å². The summed E-state index contributed by atoms with van der Waals surface area (Å²) in [6.07, 6.45) is 0. The molecule has 1 aliphatic heterocycles. The first-order chi connectivity index (χ1) is 5.86. The summed E-state index contributed by atoms with van der Waals surface area (Å²) < 4.78 is 6.50. The van der Waals surface area contributed by atoms with Gasteiger partial charge in [-0.05, 0) is 18.2 Å². The van der Waals surface area contributed by atoms with Crippen molar-refractivity contribution in [3.05, 3.63) is 28.2 Å². The second-order valence-corrected chi connectivity index (χ2v) is 3.70. The maximum atomic E-state index is 5.39. The third-order valence-corrected chi connectivity index (χ3v) is 2.38. The number of fused-ring (bicyclic) bond motifs is 1. The largest absolute Gasteiger partial charge is 0.382 e. The van der Waals surface area contributed by atoms with E-state index in [1.54, 1.807) is 0 Å². The van der Waals surface area contributed by atoms with Gasteiger partial charge in [0.1, 0.15) is 0 Å². The Kier molecular flexibility index (Phi) is 2.33. The summed E-state index contributed by atoms with van der Waals surface area (Å²) >= 11 is 3.43. The lowest BCUT2D eigenvalue weighted by Gasteiger charge is -2.05. The van der Waals surface area contributed by atoms with Crippen LogP contribution in [0.25, 0.3) is 0 Å².